The minimum Gasteiger partial charge on any atom is -0.382 e. The summed E-state index contributed by atoms with van der Waals surface area (Å²) in [6.45, 7) is 2.18. The van der Waals surface area contributed by atoms with Crippen LogP contribution in [-0.4, -0.2) is 63.1 Å². The number of amides is 2. The van der Waals surface area contributed by atoms with Crippen molar-refractivity contribution in [3.05, 3.63) is 59.7 Å². The maximum absolute atomic E-state index is 12.7. The average Bonchev–Trinajstić information content (AvgIpc) is 3.47. The molecule has 0 spiro atoms. The highest BCUT2D eigenvalue weighted by Crippen LogP contribution is 2.22. The summed E-state index contributed by atoms with van der Waals surface area (Å²) in [7, 11) is 2.14. The van der Waals surface area contributed by atoms with Crippen molar-refractivity contribution < 1.29 is 9.59 Å². The number of primary amides is 1. The Labute approximate surface area is 195 Å². The lowest BCUT2D eigenvalue weighted by Crippen LogP contribution is -2.36. The molecule has 1 fully saturated rings. The van der Waals surface area contributed by atoms with Gasteiger partial charge in [0.15, 0.2) is 5.82 Å². The van der Waals surface area contributed by atoms with Crippen LogP contribution in [0.5, 0.6) is 0 Å². The first-order valence-electron chi connectivity index (χ1n) is 11.2. The summed E-state index contributed by atoms with van der Waals surface area (Å²) in [5.41, 5.74) is 9.17. The zero-order chi connectivity index (χ0) is 23.7. The molecule has 3 heterocycles. The Morgan fingerprint density at radius 1 is 1.06 bits per heavy atom. The summed E-state index contributed by atoms with van der Waals surface area (Å²) in [6, 6.07) is 14.6. The van der Waals surface area contributed by atoms with Crippen LogP contribution in [0.3, 0.4) is 0 Å². The quantitative estimate of drug-likeness (QED) is 0.300. The molecule has 1 aliphatic heterocycles. The summed E-state index contributed by atoms with van der Waals surface area (Å²) < 4.78 is 0. The zero-order valence-electron chi connectivity index (χ0n) is 18.8. The number of nitrogens with one attached hydrogen (secondary N) is 4. The van der Waals surface area contributed by atoms with Crippen LogP contribution >= 0.6 is 0 Å². The molecule has 0 radical (unpaired) electrons. The Morgan fingerprint density at radius 3 is 2.53 bits per heavy atom. The van der Waals surface area contributed by atoms with Gasteiger partial charge in [-0.3, -0.25) is 14.7 Å². The van der Waals surface area contributed by atoms with Crippen molar-refractivity contribution in [2.45, 2.75) is 18.9 Å². The van der Waals surface area contributed by atoms with Crippen molar-refractivity contribution in [2.75, 3.05) is 30.8 Å². The lowest BCUT2D eigenvalue weighted by atomic mass is 10.0. The molecule has 0 aliphatic carbocycles. The molecule has 10 nitrogen and oxygen atoms in total. The van der Waals surface area contributed by atoms with Crippen molar-refractivity contribution in [3.8, 4) is 11.5 Å². The molecule has 34 heavy (non-hydrogen) atoms. The molecule has 5 rings (SSSR count). The van der Waals surface area contributed by atoms with E-state index in [-0.39, 0.29) is 5.91 Å². The molecule has 2 aromatic heterocycles. The third-order valence-corrected chi connectivity index (χ3v) is 6.07. The lowest BCUT2D eigenvalue weighted by Gasteiger charge is -2.30. The first kappa shape index (κ1) is 21.7. The maximum atomic E-state index is 12.7. The number of aromatic amines is 2. The Kier molecular flexibility index (Phi) is 5.72. The van der Waals surface area contributed by atoms with Gasteiger partial charge in [0.05, 0.1) is 11.0 Å². The van der Waals surface area contributed by atoms with E-state index >= 15 is 0 Å². The number of benzene rings is 2. The van der Waals surface area contributed by atoms with Gasteiger partial charge in [0, 0.05) is 28.9 Å². The second kappa shape index (κ2) is 8.99. The molecule has 2 amide bonds. The van der Waals surface area contributed by atoms with E-state index in [1.165, 1.54) is 0 Å². The molecule has 4 aromatic rings. The van der Waals surface area contributed by atoms with Crippen LogP contribution in [-0.2, 0) is 0 Å². The number of aromatic nitrogens is 4. The van der Waals surface area contributed by atoms with Gasteiger partial charge in [-0.05, 0) is 75.4 Å². The van der Waals surface area contributed by atoms with Crippen LogP contribution in [0.15, 0.2) is 48.5 Å². The van der Waals surface area contributed by atoms with E-state index in [4.69, 9.17) is 5.73 Å². The number of hydrogen-bond donors (Lipinski definition) is 5. The Morgan fingerprint density at radius 2 is 1.79 bits per heavy atom. The zero-order valence-corrected chi connectivity index (χ0v) is 18.8. The highest BCUT2D eigenvalue weighted by molar-refractivity contribution is 6.04. The smallest absolute Gasteiger partial charge is 0.256 e. The van der Waals surface area contributed by atoms with Gasteiger partial charge < -0.3 is 26.3 Å². The van der Waals surface area contributed by atoms with E-state index in [2.05, 4.69) is 42.7 Å². The van der Waals surface area contributed by atoms with Gasteiger partial charge in [-0.25, -0.2) is 4.98 Å². The number of nitrogens with two attached hydrogens (primary N) is 1. The van der Waals surface area contributed by atoms with Gasteiger partial charge in [-0.15, -0.1) is 0 Å². The molecule has 1 aliphatic rings. The first-order chi connectivity index (χ1) is 16.4. The highest BCUT2D eigenvalue weighted by atomic mass is 16.2. The topological polar surface area (TPSA) is 145 Å². The minimum absolute atomic E-state index is 0.239. The van der Waals surface area contributed by atoms with Gasteiger partial charge in [-0.1, -0.05) is 0 Å². The molecule has 1 saturated heterocycles. The van der Waals surface area contributed by atoms with Crippen molar-refractivity contribution in [2.24, 2.45) is 5.73 Å². The Balaban J connectivity index is 1.23. The van der Waals surface area contributed by atoms with Crippen LogP contribution in [0.4, 0.5) is 11.5 Å². The Hall–Kier alpha value is -4.18. The van der Waals surface area contributed by atoms with E-state index < -0.39 is 5.91 Å². The number of hydrogen-bond acceptors (Lipinski definition) is 6. The van der Waals surface area contributed by atoms with Crippen LogP contribution in [0.25, 0.3) is 22.6 Å². The number of piperidine rings is 1. The molecular weight excluding hydrogens is 432 g/mol. The molecule has 10 heteroatoms. The lowest BCUT2D eigenvalue weighted by molar-refractivity contribution is 0.0997. The standard InChI is InChI=1S/C24H26N8O2/c1-32-10-8-17(9-11-32)26-16-5-2-14(3-6-16)24(34)29-21-13-20(30-31-21)23-27-18-7-4-15(22(25)33)12-19(18)28-23/h2-7,12-13,17,26H,8-11H2,1H3,(H2,25,33)(H,27,28)(H2,29,30,31,34). The number of anilines is 2. The maximum Gasteiger partial charge on any atom is 0.256 e. The van der Waals surface area contributed by atoms with Gasteiger partial charge in [-0.2, -0.15) is 5.10 Å². The predicted molar refractivity (Wildman–Crippen MR) is 131 cm³/mol. The van der Waals surface area contributed by atoms with Crippen LogP contribution in [0.1, 0.15) is 33.6 Å². The van der Waals surface area contributed by atoms with Gasteiger partial charge >= 0.3 is 0 Å². The van der Waals surface area contributed by atoms with Gasteiger partial charge in [0.1, 0.15) is 11.5 Å². The summed E-state index contributed by atoms with van der Waals surface area (Å²) in [4.78, 5) is 34.0. The Bertz CT molecular complexity index is 1330. The number of likely N-dealkylation sites (tertiary alicyclic amines) is 1. The number of carbonyl (C=O) groups is 2. The minimum atomic E-state index is -0.512. The first-order valence-corrected chi connectivity index (χ1v) is 11.2. The summed E-state index contributed by atoms with van der Waals surface area (Å²) in [5.74, 6) is 0.211. The van der Waals surface area contributed by atoms with Crippen molar-refractivity contribution >= 4 is 34.4 Å². The van der Waals surface area contributed by atoms with Crippen molar-refractivity contribution in [3.63, 3.8) is 0 Å². The summed E-state index contributed by atoms with van der Waals surface area (Å²) in [5, 5.41) is 13.4. The van der Waals surface area contributed by atoms with Gasteiger partial charge in [0.2, 0.25) is 5.91 Å². The second-order valence-electron chi connectivity index (χ2n) is 8.60. The van der Waals surface area contributed by atoms with E-state index in [1.807, 2.05) is 12.1 Å². The molecular formula is C24H26N8O2. The molecule has 0 atom stereocenters. The number of rotatable bonds is 6. The monoisotopic (exact) mass is 458 g/mol. The van der Waals surface area contributed by atoms with Crippen molar-refractivity contribution in [1.82, 2.24) is 25.1 Å². The molecule has 0 bridgehead atoms. The summed E-state index contributed by atoms with van der Waals surface area (Å²) >= 11 is 0. The fourth-order valence-electron chi connectivity index (χ4n) is 4.09. The fraction of sp³-hybridized carbons (Fsp3) is 0.250. The predicted octanol–water partition coefficient (Wildman–Crippen LogP) is 2.81. The number of carbonyl (C=O) groups excluding carboxylic acids is 2. The third-order valence-electron chi connectivity index (χ3n) is 6.07. The van der Waals surface area contributed by atoms with E-state index in [1.54, 1.807) is 36.4 Å². The van der Waals surface area contributed by atoms with Crippen molar-refractivity contribution in [1.29, 1.82) is 0 Å². The third kappa shape index (κ3) is 4.62. The molecule has 0 unspecified atom stereocenters. The molecule has 0 saturated carbocycles. The highest BCUT2D eigenvalue weighted by Gasteiger charge is 2.17. The summed E-state index contributed by atoms with van der Waals surface area (Å²) in [6.07, 6.45) is 2.22. The number of H-pyrrole nitrogens is 2. The van der Waals surface area contributed by atoms with E-state index in [0.29, 0.717) is 40.0 Å². The van der Waals surface area contributed by atoms with Crippen LogP contribution in [0.2, 0.25) is 0 Å². The SMILES string of the molecule is CN1CCC(Nc2ccc(C(=O)Nc3cc(-c4nc5cc(C(N)=O)ccc5[nH]4)n[nH]3)cc2)CC1. The van der Waals surface area contributed by atoms with E-state index in [9.17, 15) is 9.59 Å². The van der Waals surface area contributed by atoms with Crippen LogP contribution in [0, 0.1) is 0 Å². The molecule has 2 aromatic carbocycles. The van der Waals surface area contributed by atoms with E-state index in [0.717, 1.165) is 37.1 Å². The largest absolute Gasteiger partial charge is 0.382 e. The number of nitrogens with zero attached hydrogens (tertiary/aromatic N) is 3. The second-order valence-corrected chi connectivity index (χ2v) is 8.60. The molecule has 174 valence electrons. The number of fused-ring (bicyclic) bond motifs is 1. The number of imidazole rings is 1. The van der Waals surface area contributed by atoms with Crippen LogP contribution < -0.4 is 16.4 Å². The average molecular weight is 459 g/mol. The normalized spacial score (nSPS) is 14.9. The molecule has 6 N–H and O–H groups in total. The fourth-order valence-corrected chi connectivity index (χ4v) is 4.09. The van der Waals surface area contributed by atoms with Gasteiger partial charge in [0.25, 0.3) is 5.91 Å².